The van der Waals surface area contributed by atoms with Gasteiger partial charge in [0.2, 0.25) is 11.5 Å². The first-order chi connectivity index (χ1) is 18.6. The van der Waals surface area contributed by atoms with Crippen LogP contribution in [0.3, 0.4) is 0 Å². The van der Waals surface area contributed by atoms with E-state index in [2.05, 4.69) is 0 Å². The Bertz CT molecular complexity index is 1490. The third kappa shape index (κ3) is 5.26. The van der Waals surface area contributed by atoms with Gasteiger partial charge in [0.25, 0.3) is 0 Å². The highest BCUT2D eigenvalue weighted by molar-refractivity contribution is 6.12. The smallest absolute Gasteiger partial charge is 0.201 e. The van der Waals surface area contributed by atoms with E-state index in [0.29, 0.717) is 0 Å². The van der Waals surface area contributed by atoms with Crippen molar-refractivity contribution in [2.24, 2.45) is 0 Å². The molecule has 14 nitrogen and oxygen atoms in total. The summed E-state index contributed by atoms with van der Waals surface area (Å²) in [5.41, 5.74) is -1.13. The summed E-state index contributed by atoms with van der Waals surface area (Å²) in [6, 6.07) is 7.69. The molecule has 0 saturated carbocycles. The molecule has 14 heteroatoms. The normalized spacial score (nSPS) is 10.4. The van der Waals surface area contributed by atoms with Crippen LogP contribution in [-0.4, -0.2) is 72.8 Å². The highest BCUT2D eigenvalue weighted by atomic mass is 16.3. The molecule has 4 aromatic rings. The van der Waals surface area contributed by atoms with Crippen molar-refractivity contribution < 1.29 is 70.9 Å². The molecule has 0 saturated heterocycles. The zero-order valence-corrected chi connectivity index (χ0v) is 19.8. The van der Waals surface area contributed by atoms with Crippen molar-refractivity contribution in [1.29, 1.82) is 0 Å². The summed E-state index contributed by atoms with van der Waals surface area (Å²) in [6.45, 7) is 0. The summed E-state index contributed by atoms with van der Waals surface area (Å²) in [4.78, 5) is 24.2. The molecular formula is C26H20O14. The molecule has 0 fully saturated rings. The second-order valence-electron chi connectivity index (χ2n) is 8.04. The molecular weight excluding hydrogens is 536 g/mol. The average Bonchev–Trinajstić information content (AvgIpc) is 2.91. The number of benzene rings is 4. The lowest BCUT2D eigenvalue weighted by atomic mass is 10.0. The molecule has 208 valence electrons. The predicted octanol–water partition coefficient (Wildman–Crippen LogP) is 2.30. The van der Waals surface area contributed by atoms with E-state index < -0.39 is 80.6 Å². The lowest BCUT2D eigenvalue weighted by molar-refractivity contribution is 0.102. The van der Waals surface area contributed by atoms with E-state index in [1.165, 1.54) is 0 Å². The van der Waals surface area contributed by atoms with E-state index in [9.17, 15) is 60.7 Å². The molecule has 0 bridgehead atoms. The molecule has 0 aliphatic heterocycles. The quantitative estimate of drug-likeness (QED) is 0.127. The molecule has 4 rings (SSSR count). The fraction of sp³-hybridized carbons (Fsp3) is 0. The van der Waals surface area contributed by atoms with E-state index in [-0.39, 0.29) is 22.3 Å². The van der Waals surface area contributed by atoms with Gasteiger partial charge >= 0.3 is 0 Å². The van der Waals surface area contributed by atoms with Crippen LogP contribution in [0.25, 0.3) is 0 Å². The van der Waals surface area contributed by atoms with Crippen molar-refractivity contribution >= 4 is 11.6 Å². The highest BCUT2D eigenvalue weighted by Gasteiger charge is 2.22. The number of hydrogen-bond donors (Lipinski definition) is 12. The second-order valence-corrected chi connectivity index (χ2v) is 8.04. The average molecular weight is 556 g/mol. The number of phenols is 12. The number of hydrogen-bond acceptors (Lipinski definition) is 14. The van der Waals surface area contributed by atoms with E-state index >= 15 is 0 Å². The Morgan fingerprint density at radius 1 is 0.350 bits per heavy atom. The molecule has 0 unspecified atom stereocenters. The molecule has 0 aliphatic carbocycles. The van der Waals surface area contributed by atoms with Gasteiger partial charge in [-0.2, -0.15) is 0 Å². The summed E-state index contributed by atoms with van der Waals surface area (Å²) in [6.07, 6.45) is 0. The van der Waals surface area contributed by atoms with Crippen LogP contribution in [0.1, 0.15) is 31.8 Å². The monoisotopic (exact) mass is 556 g/mol. The number of carbonyl (C=O) groups excluding carboxylic acids is 2. The van der Waals surface area contributed by atoms with Crippen LogP contribution in [-0.2, 0) is 0 Å². The lowest BCUT2D eigenvalue weighted by Gasteiger charge is -2.08. The van der Waals surface area contributed by atoms with Crippen molar-refractivity contribution in [3.63, 3.8) is 0 Å². The molecule has 4 aromatic carbocycles. The van der Waals surface area contributed by atoms with E-state index in [0.717, 1.165) is 48.5 Å². The van der Waals surface area contributed by atoms with Gasteiger partial charge in [0.05, 0.1) is 11.1 Å². The first-order valence-electron chi connectivity index (χ1n) is 10.7. The third-order valence-corrected chi connectivity index (χ3v) is 5.41. The van der Waals surface area contributed by atoms with Crippen molar-refractivity contribution in [1.82, 2.24) is 0 Å². The van der Waals surface area contributed by atoms with Crippen molar-refractivity contribution in [2.45, 2.75) is 0 Å². The van der Waals surface area contributed by atoms with Gasteiger partial charge in [0.15, 0.2) is 69.1 Å². The first-order valence-corrected chi connectivity index (χ1v) is 10.7. The summed E-state index contributed by atoms with van der Waals surface area (Å²) in [7, 11) is 0. The van der Waals surface area contributed by atoms with E-state index in [1.807, 2.05) is 0 Å². The Labute approximate surface area is 222 Å². The van der Waals surface area contributed by atoms with Crippen molar-refractivity contribution in [3.05, 3.63) is 70.8 Å². The van der Waals surface area contributed by atoms with Gasteiger partial charge in [-0.05, 0) is 48.5 Å². The van der Waals surface area contributed by atoms with Crippen molar-refractivity contribution in [2.75, 3.05) is 0 Å². The van der Waals surface area contributed by atoms with Crippen LogP contribution < -0.4 is 0 Å². The van der Waals surface area contributed by atoms with Crippen LogP contribution in [0.2, 0.25) is 0 Å². The SMILES string of the molecule is O=C(c1cc(O)c(O)c(O)c1)c1ccc(O)c(O)c1O.O=C(c1cc(O)c(O)c(O)c1)c1ccc(O)c(O)c1O. The van der Waals surface area contributed by atoms with Crippen LogP contribution in [0, 0.1) is 0 Å². The lowest BCUT2D eigenvalue weighted by Crippen LogP contribution is -2.01. The molecule has 40 heavy (non-hydrogen) atoms. The van der Waals surface area contributed by atoms with Gasteiger partial charge in [0, 0.05) is 11.1 Å². The number of aromatic hydroxyl groups is 12. The van der Waals surface area contributed by atoms with Crippen LogP contribution in [0.5, 0.6) is 69.0 Å². The van der Waals surface area contributed by atoms with Crippen LogP contribution in [0.4, 0.5) is 0 Å². The summed E-state index contributed by atoms with van der Waals surface area (Å²) in [5, 5.41) is 112. The standard InChI is InChI=1S/2C13H10O7/c2*14-7-2-1-6(11(18)13(7)20)10(17)5-3-8(15)12(19)9(16)4-5/h2*1-4,14-16,18-20H. The number of rotatable bonds is 4. The third-order valence-electron chi connectivity index (χ3n) is 5.41. The fourth-order valence-electron chi connectivity index (χ4n) is 3.29. The minimum Gasteiger partial charge on any atom is -0.504 e. The van der Waals surface area contributed by atoms with E-state index in [4.69, 9.17) is 10.2 Å². The molecule has 0 spiro atoms. The Hall–Kier alpha value is -6.18. The van der Waals surface area contributed by atoms with Gasteiger partial charge in [-0.25, -0.2) is 0 Å². The number of phenolic OH excluding ortho intramolecular Hbond substituents is 12. The van der Waals surface area contributed by atoms with Gasteiger partial charge in [-0.1, -0.05) is 0 Å². The van der Waals surface area contributed by atoms with Gasteiger partial charge < -0.3 is 61.3 Å². The van der Waals surface area contributed by atoms with Crippen molar-refractivity contribution in [3.8, 4) is 69.0 Å². The largest absolute Gasteiger partial charge is 0.504 e. The molecule has 0 amide bonds. The molecule has 12 N–H and O–H groups in total. The first kappa shape index (κ1) is 28.4. The number of ketones is 2. The van der Waals surface area contributed by atoms with E-state index in [1.54, 1.807) is 0 Å². The Morgan fingerprint density at radius 2 is 0.625 bits per heavy atom. The molecule has 0 aliphatic rings. The zero-order valence-electron chi connectivity index (χ0n) is 19.8. The summed E-state index contributed by atoms with van der Waals surface area (Å²) in [5.74, 6) is -10.6. The topological polar surface area (TPSA) is 277 Å². The molecule has 0 aromatic heterocycles. The number of carbonyl (C=O) groups is 2. The second kappa shape index (κ2) is 10.7. The Morgan fingerprint density at radius 3 is 0.900 bits per heavy atom. The summed E-state index contributed by atoms with van der Waals surface area (Å²) >= 11 is 0. The minimum atomic E-state index is -0.858. The maximum atomic E-state index is 12.1. The maximum absolute atomic E-state index is 12.1. The maximum Gasteiger partial charge on any atom is 0.201 e. The van der Waals surface area contributed by atoms with Crippen LogP contribution >= 0.6 is 0 Å². The van der Waals surface area contributed by atoms with Crippen LogP contribution in [0.15, 0.2) is 48.5 Å². The Kier molecular flexibility index (Phi) is 7.57. The van der Waals surface area contributed by atoms with Gasteiger partial charge in [-0.15, -0.1) is 0 Å². The van der Waals surface area contributed by atoms with Gasteiger partial charge in [-0.3, -0.25) is 9.59 Å². The zero-order chi connectivity index (χ0) is 30.0. The predicted molar refractivity (Wildman–Crippen MR) is 133 cm³/mol. The molecule has 0 radical (unpaired) electrons. The molecule has 0 atom stereocenters. The van der Waals surface area contributed by atoms with Gasteiger partial charge in [0.1, 0.15) is 0 Å². The minimum absolute atomic E-state index is 0.224. The highest BCUT2D eigenvalue weighted by Crippen LogP contribution is 2.41. The Balaban J connectivity index is 0.000000220. The summed E-state index contributed by atoms with van der Waals surface area (Å²) < 4.78 is 0. The fourth-order valence-corrected chi connectivity index (χ4v) is 3.29. The molecule has 0 heterocycles.